The maximum absolute atomic E-state index is 14.5. The van der Waals surface area contributed by atoms with Gasteiger partial charge in [-0.2, -0.15) is 0 Å². The number of amides is 1. The Morgan fingerprint density at radius 3 is 2.93 bits per heavy atom. The van der Waals surface area contributed by atoms with Crippen LogP contribution in [0.2, 0.25) is 0 Å². The zero-order chi connectivity index (χ0) is 18.1. The molecule has 2 aliphatic heterocycles. The lowest BCUT2D eigenvalue weighted by Crippen LogP contribution is -2.18. The quantitative estimate of drug-likeness (QED) is 0.547. The van der Waals surface area contributed by atoms with Crippen molar-refractivity contribution in [2.24, 2.45) is 0 Å². The lowest BCUT2D eigenvalue weighted by Gasteiger charge is -2.05. The van der Waals surface area contributed by atoms with E-state index in [-0.39, 0.29) is 29.9 Å². The van der Waals surface area contributed by atoms with Crippen molar-refractivity contribution in [1.82, 2.24) is 10.3 Å². The van der Waals surface area contributed by atoms with Gasteiger partial charge in [0.25, 0.3) is 5.91 Å². The highest BCUT2D eigenvalue weighted by atomic mass is 35.5. The van der Waals surface area contributed by atoms with E-state index < -0.39 is 5.82 Å². The molecular formula is C20H19ClFN3O2. The Morgan fingerprint density at radius 2 is 2.19 bits per heavy atom. The van der Waals surface area contributed by atoms with Crippen molar-refractivity contribution in [2.75, 3.05) is 19.0 Å². The van der Waals surface area contributed by atoms with Crippen LogP contribution in [0.1, 0.15) is 29.7 Å². The van der Waals surface area contributed by atoms with Gasteiger partial charge in [-0.25, -0.2) is 4.39 Å². The molecule has 1 aromatic heterocycles. The number of carbonyl (C=O) groups is 1. The Kier molecular flexibility index (Phi) is 5.54. The number of halogens is 2. The highest BCUT2D eigenvalue weighted by Crippen LogP contribution is 2.37. The van der Waals surface area contributed by atoms with Crippen molar-refractivity contribution in [3.8, 4) is 17.6 Å². The molecule has 0 spiro atoms. The summed E-state index contributed by atoms with van der Waals surface area (Å²) in [6.45, 7) is 0.923. The standard InChI is InChI=1S/C20H18FN3O2.ClH/c1-26-18-8-10-23-17(18)11-14-19-13(5-4-12-3-2-9-22-12)15(21)6-7-16(19)24-20(14)25;/h6-8,10-12,22-23H,2-3,9H2,1H3,(H,24,25);1H/b14-11-;/t12-;/m0./s1. The van der Waals surface area contributed by atoms with E-state index in [1.807, 2.05) is 0 Å². The third-order valence-corrected chi connectivity index (χ3v) is 4.60. The normalized spacial score (nSPS) is 19.1. The van der Waals surface area contributed by atoms with Gasteiger partial charge in [0, 0.05) is 11.8 Å². The number of methoxy groups -OCH3 is 1. The lowest BCUT2D eigenvalue weighted by atomic mass is 9.98. The number of carbonyl (C=O) groups excluding carboxylic acids is 1. The van der Waals surface area contributed by atoms with Gasteiger partial charge in [-0.3, -0.25) is 4.79 Å². The summed E-state index contributed by atoms with van der Waals surface area (Å²) in [6.07, 6.45) is 5.39. The summed E-state index contributed by atoms with van der Waals surface area (Å²) in [5.74, 6) is 5.92. The largest absolute Gasteiger partial charge is 0.495 e. The number of benzene rings is 1. The first-order valence-electron chi connectivity index (χ1n) is 8.49. The molecule has 4 rings (SSSR count). The highest BCUT2D eigenvalue weighted by molar-refractivity contribution is 6.35. The number of H-pyrrole nitrogens is 1. The van der Waals surface area contributed by atoms with Crippen LogP contribution in [0.3, 0.4) is 0 Å². The zero-order valence-electron chi connectivity index (χ0n) is 14.7. The summed E-state index contributed by atoms with van der Waals surface area (Å²) in [5.41, 5.74) is 2.32. The number of hydrogen-bond donors (Lipinski definition) is 3. The Hall–Kier alpha value is -2.75. The molecule has 1 saturated heterocycles. The van der Waals surface area contributed by atoms with E-state index in [9.17, 15) is 9.18 Å². The molecule has 1 amide bonds. The molecule has 0 bridgehead atoms. The summed E-state index contributed by atoms with van der Waals surface area (Å²) in [4.78, 5) is 15.5. The molecule has 140 valence electrons. The van der Waals surface area contributed by atoms with Gasteiger partial charge < -0.3 is 20.4 Å². The maximum Gasteiger partial charge on any atom is 0.256 e. The minimum Gasteiger partial charge on any atom is -0.495 e. The van der Waals surface area contributed by atoms with E-state index in [0.29, 0.717) is 28.3 Å². The van der Waals surface area contributed by atoms with Gasteiger partial charge in [0.2, 0.25) is 0 Å². The van der Waals surface area contributed by atoms with Crippen LogP contribution in [-0.4, -0.2) is 30.6 Å². The molecule has 27 heavy (non-hydrogen) atoms. The number of hydrogen-bond acceptors (Lipinski definition) is 3. The van der Waals surface area contributed by atoms with Crippen LogP contribution >= 0.6 is 12.4 Å². The first-order valence-corrected chi connectivity index (χ1v) is 8.49. The van der Waals surface area contributed by atoms with E-state index in [1.165, 1.54) is 6.07 Å². The average Bonchev–Trinajstić information content (AvgIpc) is 3.36. The summed E-state index contributed by atoms with van der Waals surface area (Å²) >= 11 is 0. The van der Waals surface area contributed by atoms with Crippen LogP contribution in [0, 0.1) is 17.7 Å². The highest BCUT2D eigenvalue weighted by Gasteiger charge is 2.29. The topological polar surface area (TPSA) is 66.2 Å². The molecule has 5 nitrogen and oxygen atoms in total. The van der Waals surface area contributed by atoms with Crippen LogP contribution in [0.25, 0.3) is 11.6 Å². The minimum absolute atomic E-state index is 0. The predicted molar refractivity (Wildman–Crippen MR) is 105 cm³/mol. The Balaban J connectivity index is 0.00000210. The van der Waals surface area contributed by atoms with Gasteiger partial charge in [0.05, 0.1) is 35.7 Å². The van der Waals surface area contributed by atoms with E-state index in [1.54, 1.807) is 31.5 Å². The second-order valence-electron chi connectivity index (χ2n) is 6.24. The van der Waals surface area contributed by atoms with Gasteiger partial charge in [-0.15, -0.1) is 12.4 Å². The van der Waals surface area contributed by atoms with E-state index in [2.05, 4.69) is 27.5 Å². The van der Waals surface area contributed by atoms with Crippen molar-refractivity contribution in [1.29, 1.82) is 0 Å². The third-order valence-electron chi connectivity index (χ3n) is 4.60. The monoisotopic (exact) mass is 387 g/mol. The third kappa shape index (κ3) is 3.57. The first kappa shape index (κ1) is 19.0. The number of rotatable bonds is 2. The van der Waals surface area contributed by atoms with E-state index in [0.717, 1.165) is 19.4 Å². The second-order valence-corrected chi connectivity index (χ2v) is 6.24. The molecular weight excluding hydrogens is 369 g/mol. The van der Waals surface area contributed by atoms with Crippen LogP contribution in [0.5, 0.6) is 5.75 Å². The molecule has 1 aromatic carbocycles. The number of aromatic amines is 1. The number of fused-ring (bicyclic) bond motifs is 1. The number of ether oxygens (including phenoxy) is 1. The van der Waals surface area contributed by atoms with Crippen molar-refractivity contribution < 1.29 is 13.9 Å². The predicted octanol–water partition coefficient (Wildman–Crippen LogP) is 3.18. The molecule has 0 aliphatic carbocycles. The molecule has 2 aromatic rings. The van der Waals surface area contributed by atoms with Gasteiger partial charge in [-0.05, 0) is 43.7 Å². The molecule has 3 N–H and O–H groups in total. The average molecular weight is 388 g/mol. The molecule has 2 aliphatic rings. The number of anilines is 1. The van der Waals surface area contributed by atoms with Gasteiger partial charge in [-0.1, -0.05) is 11.8 Å². The molecule has 0 saturated carbocycles. The summed E-state index contributed by atoms with van der Waals surface area (Å²) < 4.78 is 19.8. The zero-order valence-corrected chi connectivity index (χ0v) is 15.5. The SMILES string of the molecule is COc1cc[nH]c1/C=C1\C(=O)Nc2ccc(F)c(C#C[C@@H]3CCCN3)c21.Cl. The molecule has 1 fully saturated rings. The van der Waals surface area contributed by atoms with Crippen LogP contribution in [0.15, 0.2) is 24.4 Å². The molecule has 0 unspecified atom stereocenters. The van der Waals surface area contributed by atoms with Crippen molar-refractivity contribution in [2.45, 2.75) is 18.9 Å². The Morgan fingerprint density at radius 1 is 1.33 bits per heavy atom. The Labute approximate surface area is 162 Å². The van der Waals surface area contributed by atoms with Crippen molar-refractivity contribution >= 4 is 35.7 Å². The fourth-order valence-electron chi connectivity index (χ4n) is 3.29. The van der Waals surface area contributed by atoms with Gasteiger partial charge in [0.1, 0.15) is 11.6 Å². The summed E-state index contributed by atoms with van der Waals surface area (Å²) in [6, 6.07) is 4.72. The lowest BCUT2D eigenvalue weighted by molar-refractivity contribution is -0.110. The number of nitrogens with one attached hydrogen (secondary N) is 3. The van der Waals surface area contributed by atoms with Gasteiger partial charge in [0.15, 0.2) is 0 Å². The fourth-order valence-corrected chi connectivity index (χ4v) is 3.29. The molecule has 7 heteroatoms. The van der Waals surface area contributed by atoms with E-state index >= 15 is 0 Å². The fraction of sp³-hybridized carbons (Fsp3) is 0.250. The van der Waals surface area contributed by atoms with Crippen LogP contribution in [-0.2, 0) is 4.79 Å². The number of aromatic nitrogens is 1. The maximum atomic E-state index is 14.5. The summed E-state index contributed by atoms with van der Waals surface area (Å²) in [7, 11) is 1.55. The van der Waals surface area contributed by atoms with E-state index in [4.69, 9.17) is 4.74 Å². The van der Waals surface area contributed by atoms with Crippen molar-refractivity contribution in [3.05, 3.63) is 47.0 Å². The Bertz CT molecular complexity index is 965. The van der Waals surface area contributed by atoms with Crippen LogP contribution in [0.4, 0.5) is 10.1 Å². The van der Waals surface area contributed by atoms with Crippen LogP contribution < -0.4 is 15.4 Å². The minimum atomic E-state index is -0.435. The summed E-state index contributed by atoms with van der Waals surface area (Å²) in [5, 5.41) is 6.05. The smallest absolute Gasteiger partial charge is 0.256 e. The molecule has 0 radical (unpaired) electrons. The van der Waals surface area contributed by atoms with Gasteiger partial charge >= 0.3 is 0 Å². The second kappa shape index (κ2) is 7.87. The first-order chi connectivity index (χ1) is 12.7. The molecule has 3 heterocycles. The molecule has 1 atom stereocenters. The van der Waals surface area contributed by atoms with Crippen molar-refractivity contribution in [3.63, 3.8) is 0 Å².